The molecule has 160 valence electrons. The van der Waals surface area contributed by atoms with Crippen molar-refractivity contribution in [2.75, 3.05) is 13.7 Å². The van der Waals surface area contributed by atoms with Crippen molar-refractivity contribution in [3.63, 3.8) is 0 Å². The van der Waals surface area contributed by atoms with E-state index in [1.807, 2.05) is 60.7 Å². The van der Waals surface area contributed by atoms with Gasteiger partial charge in [0.05, 0.1) is 7.11 Å². The van der Waals surface area contributed by atoms with Gasteiger partial charge in [-0.15, -0.1) is 0 Å². The maximum absolute atomic E-state index is 12.3. The van der Waals surface area contributed by atoms with Gasteiger partial charge in [-0.1, -0.05) is 60.7 Å². The quantitative estimate of drug-likeness (QED) is 0.509. The average molecular weight is 419 g/mol. The molecule has 0 aliphatic carbocycles. The van der Waals surface area contributed by atoms with Gasteiger partial charge in [-0.25, -0.2) is 4.79 Å². The van der Waals surface area contributed by atoms with E-state index in [0.717, 1.165) is 11.1 Å². The smallest absolute Gasteiger partial charge is 0.328 e. The SMILES string of the molecule is COC(=O)[C@H](Cc1ccccc1)NC(=O)COc1ccc(OCc2ccccc2)cc1. The second-order valence-corrected chi connectivity index (χ2v) is 6.87. The minimum atomic E-state index is -0.780. The van der Waals surface area contributed by atoms with E-state index in [0.29, 0.717) is 24.5 Å². The van der Waals surface area contributed by atoms with E-state index >= 15 is 0 Å². The number of hydrogen-bond donors (Lipinski definition) is 1. The van der Waals surface area contributed by atoms with E-state index in [1.165, 1.54) is 7.11 Å². The van der Waals surface area contributed by atoms with Gasteiger partial charge in [0.25, 0.3) is 5.91 Å². The number of benzene rings is 3. The van der Waals surface area contributed by atoms with E-state index in [-0.39, 0.29) is 6.61 Å². The lowest BCUT2D eigenvalue weighted by atomic mass is 10.1. The van der Waals surface area contributed by atoms with Gasteiger partial charge in [-0.3, -0.25) is 4.79 Å². The maximum Gasteiger partial charge on any atom is 0.328 e. The Kier molecular flexibility index (Phi) is 8.05. The van der Waals surface area contributed by atoms with E-state index < -0.39 is 17.9 Å². The lowest BCUT2D eigenvalue weighted by Crippen LogP contribution is -2.44. The van der Waals surface area contributed by atoms with Crippen molar-refractivity contribution in [1.29, 1.82) is 0 Å². The summed E-state index contributed by atoms with van der Waals surface area (Å²) in [4.78, 5) is 24.3. The van der Waals surface area contributed by atoms with E-state index in [2.05, 4.69) is 5.32 Å². The van der Waals surface area contributed by atoms with Gasteiger partial charge in [-0.2, -0.15) is 0 Å². The van der Waals surface area contributed by atoms with Crippen LogP contribution in [0.3, 0.4) is 0 Å². The van der Waals surface area contributed by atoms with Crippen LogP contribution in [0.4, 0.5) is 0 Å². The summed E-state index contributed by atoms with van der Waals surface area (Å²) in [5.74, 6) is 0.321. The topological polar surface area (TPSA) is 73.9 Å². The van der Waals surface area contributed by atoms with Gasteiger partial charge in [0.1, 0.15) is 24.1 Å². The Morgan fingerprint density at radius 1 is 0.774 bits per heavy atom. The normalized spacial score (nSPS) is 11.3. The predicted molar refractivity (Wildman–Crippen MR) is 117 cm³/mol. The summed E-state index contributed by atoms with van der Waals surface area (Å²) < 4.78 is 16.1. The van der Waals surface area contributed by atoms with Crippen molar-refractivity contribution in [2.45, 2.75) is 19.1 Å². The van der Waals surface area contributed by atoms with Crippen LogP contribution in [0.15, 0.2) is 84.9 Å². The molecule has 6 nitrogen and oxygen atoms in total. The van der Waals surface area contributed by atoms with Crippen LogP contribution >= 0.6 is 0 Å². The van der Waals surface area contributed by atoms with Crippen molar-refractivity contribution in [1.82, 2.24) is 5.32 Å². The highest BCUT2D eigenvalue weighted by atomic mass is 16.5. The molecule has 0 radical (unpaired) electrons. The monoisotopic (exact) mass is 419 g/mol. The summed E-state index contributed by atoms with van der Waals surface area (Å²) in [5, 5.41) is 2.67. The van der Waals surface area contributed by atoms with E-state index in [9.17, 15) is 9.59 Å². The van der Waals surface area contributed by atoms with Gasteiger partial charge in [0, 0.05) is 6.42 Å². The Morgan fingerprint density at radius 2 is 1.32 bits per heavy atom. The molecule has 1 N–H and O–H groups in total. The first-order chi connectivity index (χ1) is 15.1. The summed E-state index contributed by atoms with van der Waals surface area (Å²) in [6.45, 7) is 0.256. The first-order valence-electron chi connectivity index (χ1n) is 9.95. The molecule has 0 saturated carbocycles. The number of carbonyl (C=O) groups excluding carboxylic acids is 2. The van der Waals surface area contributed by atoms with Gasteiger partial charge in [0.2, 0.25) is 0 Å². The molecule has 0 bridgehead atoms. The third-order valence-corrected chi connectivity index (χ3v) is 4.55. The predicted octanol–water partition coefficient (Wildman–Crippen LogP) is 3.54. The molecule has 0 aliphatic rings. The third kappa shape index (κ3) is 7.19. The Labute approximate surface area is 181 Å². The Morgan fingerprint density at radius 3 is 1.90 bits per heavy atom. The molecule has 3 aromatic carbocycles. The highest BCUT2D eigenvalue weighted by Gasteiger charge is 2.22. The molecular weight excluding hydrogens is 394 g/mol. The van der Waals surface area contributed by atoms with Crippen LogP contribution in [-0.4, -0.2) is 31.6 Å². The van der Waals surface area contributed by atoms with E-state index in [1.54, 1.807) is 24.3 Å². The van der Waals surface area contributed by atoms with Crippen molar-refractivity contribution in [2.24, 2.45) is 0 Å². The summed E-state index contributed by atoms with van der Waals surface area (Å²) >= 11 is 0. The first-order valence-corrected chi connectivity index (χ1v) is 9.95. The highest BCUT2D eigenvalue weighted by molar-refractivity contribution is 5.85. The van der Waals surface area contributed by atoms with Crippen LogP contribution in [0.2, 0.25) is 0 Å². The molecule has 0 aliphatic heterocycles. The van der Waals surface area contributed by atoms with Gasteiger partial charge in [-0.05, 0) is 35.4 Å². The minimum Gasteiger partial charge on any atom is -0.489 e. The minimum absolute atomic E-state index is 0.216. The van der Waals surface area contributed by atoms with Gasteiger partial charge < -0.3 is 19.5 Å². The van der Waals surface area contributed by atoms with Crippen LogP contribution in [0.5, 0.6) is 11.5 Å². The fourth-order valence-electron chi connectivity index (χ4n) is 2.94. The third-order valence-electron chi connectivity index (χ3n) is 4.55. The van der Waals surface area contributed by atoms with Crippen molar-refractivity contribution in [3.05, 3.63) is 96.1 Å². The number of nitrogens with one attached hydrogen (secondary N) is 1. The molecule has 0 saturated heterocycles. The number of amides is 1. The fourth-order valence-corrected chi connectivity index (χ4v) is 2.94. The van der Waals surface area contributed by atoms with Crippen LogP contribution < -0.4 is 14.8 Å². The standard InChI is InChI=1S/C25H25NO5/c1-29-25(28)23(16-19-8-4-2-5-9-19)26-24(27)18-31-22-14-12-21(13-15-22)30-17-20-10-6-3-7-11-20/h2-15,23H,16-18H2,1H3,(H,26,27)/t23-/m0/s1. The maximum atomic E-state index is 12.3. The second kappa shape index (κ2) is 11.4. The molecule has 0 fully saturated rings. The molecule has 0 aromatic heterocycles. The zero-order valence-electron chi connectivity index (χ0n) is 17.3. The van der Waals surface area contributed by atoms with Crippen molar-refractivity contribution in [3.8, 4) is 11.5 Å². The number of ether oxygens (including phenoxy) is 3. The van der Waals surface area contributed by atoms with E-state index in [4.69, 9.17) is 14.2 Å². The molecule has 31 heavy (non-hydrogen) atoms. The summed E-state index contributed by atoms with van der Waals surface area (Å²) in [5.41, 5.74) is 2.00. The average Bonchev–Trinajstić information content (AvgIpc) is 2.82. The molecular formula is C25H25NO5. The Bertz CT molecular complexity index is 958. The molecule has 0 spiro atoms. The zero-order valence-corrected chi connectivity index (χ0v) is 17.3. The summed E-state index contributed by atoms with van der Waals surface area (Å²) in [6, 6.07) is 25.5. The molecule has 3 aromatic rings. The molecule has 0 heterocycles. The molecule has 3 rings (SSSR count). The van der Waals surface area contributed by atoms with Crippen LogP contribution in [0.1, 0.15) is 11.1 Å². The second-order valence-electron chi connectivity index (χ2n) is 6.87. The van der Waals surface area contributed by atoms with Gasteiger partial charge >= 0.3 is 5.97 Å². The highest BCUT2D eigenvalue weighted by Crippen LogP contribution is 2.18. The number of rotatable bonds is 10. The molecule has 6 heteroatoms. The number of methoxy groups -OCH3 is 1. The van der Waals surface area contributed by atoms with Crippen LogP contribution in [0, 0.1) is 0 Å². The molecule has 1 atom stereocenters. The Balaban J connectivity index is 1.47. The lowest BCUT2D eigenvalue weighted by molar-refractivity contribution is -0.145. The largest absolute Gasteiger partial charge is 0.489 e. The number of carbonyl (C=O) groups is 2. The number of hydrogen-bond acceptors (Lipinski definition) is 5. The van der Waals surface area contributed by atoms with Crippen LogP contribution in [-0.2, 0) is 27.4 Å². The van der Waals surface area contributed by atoms with Gasteiger partial charge in [0.15, 0.2) is 6.61 Å². The summed E-state index contributed by atoms with van der Waals surface area (Å²) in [6.07, 6.45) is 0.340. The number of esters is 1. The Hall–Kier alpha value is -3.80. The van der Waals surface area contributed by atoms with Crippen LogP contribution in [0.25, 0.3) is 0 Å². The molecule has 0 unspecified atom stereocenters. The summed E-state index contributed by atoms with van der Waals surface area (Å²) in [7, 11) is 1.30. The zero-order chi connectivity index (χ0) is 21.9. The lowest BCUT2D eigenvalue weighted by Gasteiger charge is -2.17. The van der Waals surface area contributed by atoms with Crippen molar-refractivity contribution < 1.29 is 23.8 Å². The fraction of sp³-hybridized carbons (Fsp3) is 0.200. The molecule has 1 amide bonds. The first kappa shape index (κ1) is 21.9. The van der Waals surface area contributed by atoms with Crippen molar-refractivity contribution >= 4 is 11.9 Å².